The van der Waals surface area contributed by atoms with Crippen molar-refractivity contribution in [1.82, 2.24) is 15.0 Å². The zero-order chi connectivity index (χ0) is 12.1. The normalized spacial score (nSPS) is 13.1. The molecule has 0 fully saturated rings. The standard InChI is InChI=1S/C13H13N3O/c1-11(17)7-3-2-6-10-16-14-12-8-4-5-9-13(12)15-16/h2-10,17H,1H3/b3-2-,10-6+,11-7+. The van der Waals surface area contributed by atoms with Gasteiger partial charge in [-0.15, -0.1) is 10.2 Å². The summed E-state index contributed by atoms with van der Waals surface area (Å²) < 4.78 is 0. The lowest BCUT2D eigenvalue weighted by Crippen LogP contribution is -1.89. The highest BCUT2D eigenvalue weighted by molar-refractivity contribution is 5.73. The maximum absolute atomic E-state index is 8.92. The molecule has 0 aliphatic rings. The molecular formula is C13H13N3O. The van der Waals surface area contributed by atoms with Crippen LogP contribution >= 0.6 is 0 Å². The van der Waals surface area contributed by atoms with Gasteiger partial charge in [0.25, 0.3) is 0 Å². The largest absolute Gasteiger partial charge is 0.513 e. The van der Waals surface area contributed by atoms with E-state index < -0.39 is 0 Å². The van der Waals surface area contributed by atoms with Crippen LogP contribution in [0.15, 0.2) is 54.3 Å². The fraction of sp³-hybridized carbons (Fsp3) is 0.0769. The van der Waals surface area contributed by atoms with Gasteiger partial charge in [-0.05, 0) is 31.2 Å². The Balaban J connectivity index is 2.11. The van der Waals surface area contributed by atoms with Gasteiger partial charge < -0.3 is 5.11 Å². The van der Waals surface area contributed by atoms with Crippen LogP contribution in [0.5, 0.6) is 0 Å². The topological polar surface area (TPSA) is 50.9 Å². The molecule has 2 rings (SSSR count). The van der Waals surface area contributed by atoms with E-state index in [0.29, 0.717) is 0 Å². The minimum absolute atomic E-state index is 0.276. The molecule has 1 aromatic heterocycles. The second-order valence-electron chi connectivity index (χ2n) is 3.54. The maximum Gasteiger partial charge on any atom is 0.113 e. The number of aliphatic hydroxyl groups is 1. The van der Waals surface area contributed by atoms with Crippen molar-refractivity contribution in [3.8, 4) is 0 Å². The number of benzene rings is 1. The molecule has 0 unspecified atom stereocenters. The van der Waals surface area contributed by atoms with Gasteiger partial charge in [0, 0.05) is 6.20 Å². The first-order valence-electron chi connectivity index (χ1n) is 5.28. The molecule has 1 aromatic carbocycles. The molecule has 4 heteroatoms. The lowest BCUT2D eigenvalue weighted by molar-refractivity contribution is 0.414. The van der Waals surface area contributed by atoms with Gasteiger partial charge in [0.15, 0.2) is 0 Å². The summed E-state index contributed by atoms with van der Waals surface area (Å²) in [7, 11) is 0. The minimum Gasteiger partial charge on any atom is -0.513 e. The third-order valence-corrected chi connectivity index (χ3v) is 2.08. The molecule has 0 aliphatic heterocycles. The van der Waals surface area contributed by atoms with E-state index in [1.54, 1.807) is 37.4 Å². The number of hydrogen-bond acceptors (Lipinski definition) is 3. The molecule has 0 saturated heterocycles. The van der Waals surface area contributed by atoms with Crippen molar-refractivity contribution >= 4 is 17.2 Å². The lowest BCUT2D eigenvalue weighted by Gasteiger charge is -1.84. The number of fused-ring (bicyclic) bond motifs is 1. The second kappa shape index (κ2) is 5.12. The van der Waals surface area contributed by atoms with E-state index in [2.05, 4.69) is 10.2 Å². The quantitative estimate of drug-likeness (QED) is 0.648. The minimum atomic E-state index is 0.276. The van der Waals surface area contributed by atoms with Gasteiger partial charge in [-0.25, -0.2) is 0 Å². The van der Waals surface area contributed by atoms with Crippen LogP contribution in [0.3, 0.4) is 0 Å². The highest BCUT2D eigenvalue weighted by Gasteiger charge is 1.96. The Morgan fingerprint density at radius 3 is 2.35 bits per heavy atom. The van der Waals surface area contributed by atoms with Gasteiger partial charge in [0.2, 0.25) is 0 Å². The third kappa shape index (κ3) is 3.04. The van der Waals surface area contributed by atoms with Crippen molar-refractivity contribution in [2.45, 2.75) is 6.92 Å². The summed E-state index contributed by atoms with van der Waals surface area (Å²) in [6.07, 6.45) is 8.70. The van der Waals surface area contributed by atoms with E-state index >= 15 is 0 Å². The number of allylic oxidation sites excluding steroid dienone is 5. The van der Waals surface area contributed by atoms with Crippen LogP contribution in [0.25, 0.3) is 17.2 Å². The van der Waals surface area contributed by atoms with Crippen LogP contribution in [0.4, 0.5) is 0 Å². The zero-order valence-electron chi connectivity index (χ0n) is 9.49. The van der Waals surface area contributed by atoms with Crippen LogP contribution < -0.4 is 0 Å². The van der Waals surface area contributed by atoms with Crippen LogP contribution in [-0.4, -0.2) is 20.1 Å². The summed E-state index contributed by atoms with van der Waals surface area (Å²) >= 11 is 0. The Kier molecular flexibility index (Phi) is 3.35. The summed E-state index contributed by atoms with van der Waals surface area (Å²) in [5, 5.41) is 17.5. The van der Waals surface area contributed by atoms with E-state index in [-0.39, 0.29) is 5.76 Å². The van der Waals surface area contributed by atoms with Crippen molar-refractivity contribution in [2.24, 2.45) is 0 Å². The van der Waals surface area contributed by atoms with Gasteiger partial charge in [0.1, 0.15) is 11.0 Å². The molecule has 86 valence electrons. The Labute approximate surface area is 99.2 Å². The smallest absolute Gasteiger partial charge is 0.113 e. The van der Waals surface area contributed by atoms with E-state index in [4.69, 9.17) is 5.11 Å². The Morgan fingerprint density at radius 1 is 1.12 bits per heavy atom. The van der Waals surface area contributed by atoms with Crippen molar-refractivity contribution in [2.75, 3.05) is 0 Å². The molecule has 17 heavy (non-hydrogen) atoms. The maximum atomic E-state index is 8.92. The molecule has 0 aliphatic carbocycles. The molecule has 0 bridgehead atoms. The fourth-order valence-corrected chi connectivity index (χ4v) is 1.33. The van der Waals surface area contributed by atoms with Gasteiger partial charge >= 0.3 is 0 Å². The molecule has 4 nitrogen and oxygen atoms in total. The van der Waals surface area contributed by atoms with Crippen LogP contribution in [0.1, 0.15) is 6.92 Å². The molecule has 0 atom stereocenters. The first kappa shape index (κ1) is 11.1. The van der Waals surface area contributed by atoms with E-state index in [1.165, 1.54) is 4.80 Å². The number of nitrogens with zero attached hydrogens (tertiary/aromatic N) is 3. The van der Waals surface area contributed by atoms with E-state index in [1.807, 2.05) is 24.3 Å². The summed E-state index contributed by atoms with van der Waals surface area (Å²) in [6, 6.07) is 7.69. The molecule has 1 N–H and O–H groups in total. The highest BCUT2D eigenvalue weighted by atomic mass is 16.3. The van der Waals surface area contributed by atoms with Crippen molar-refractivity contribution in [1.29, 1.82) is 0 Å². The SMILES string of the molecule is C\C(O)=C/C=C\C=C\n1nc2ccccc2n1. The van der Waals surface area contributed by atoms with Crippen molar-refractivity contribution < 1.29 is 5.11 Å². The highest BCUT2D eigenvalue weighted by Crippen LogP contribution is 2.06. The van der Waals surface area contributed by atoms with Gasteiger partial charge in [0.05, 0.1) is 5.76 Å². The summed E-state index contributed by atoms with van der Waals surface area (Å²) in [5.74, 6) is 0.276. The molecule has 2 aromatic rings. The number of aliphatic hydroxyl groups excluding tert-OH is 1. The molecule has 1 heterocycles. The summed E-state index contributed by atoms with van der Waals surface area (Å²) in [5.41, 5.74) is 1.74. The average Bonchev–Trinajstić information content (AvgIpc) is 2.70. The van der Waals surface area contributed by atoms with Crippen LogP contribution in [0.2, 0.25) is 0 Å². The monoisotopic (exact) mass is 227 g/mol. The van der Waals surface area contributed by atoms with Gasteiger partial charge in [-0.3, -0.25) is 0 Å². The molecular weight excluding hydrogens is 214 g/mol. The Bertz CT molecular complexity index is 556. The summed E-state index contributed by atoms with van der Waals surface area (Å²) in [6.45, 7) is 1.62. The molecule has 0 saturated carbocycles. The number of aromatic nitrogens is 3. The molecule has 0 amide bonds. The number of hydrogen-bond donors (Lipinski definition) is 1. The predicted octanol–water partition coefficient (Wildman–Crippen LogP) is 2.92. The van der Waals surface area contributed by atoms with E-state index in [0.717, 1.165) is 11.0 Å². The van der Waals surface area contributed by atoms with Crippen LogP contribution in [-0.2, 0) is 0 Å². The molecule has 0 radical (unpaired) electrons. The Hall–Kier alpha value is -2.36. The first-order valence-corrected chi connectivity index (χ1v) is 5.28. The summed E-state index contributed by atoms with van der Waals surface area (Å²) in [4.78, 5) is 1.52. The second-order valence-corrected chi connectivity index (χ2v) is 3.54. The van der Waals surface area contributed by atoms with Crippen molar-refractivity contribution in [3.63, 3.8) is 0 Å². The first-order chi connectivity index (χ1) is 8.25. The van der Waals surface area contributed by atoms with Crippen molar-refractivity contribution in [3.05, 3.63) is 54.3 Å². The predicted molar refractivity (Wildman–Crippen MR) is 68.4 cm³/mol. The van der Waals surface area contributed by atoms with Gasteiger partial charge in [-0.1, -0.05) is 24.3 Å². The average molecular weight is 227 g/mol. The Morgan fingerprint density at radius 2 is 1.76 bits per heavy atom. The molecule has 0 spiro atoms. The fourth-order valence-electron chi connectivity index (χ4n) is 1.33. The number of rotatable bonds is 3. The zero-order valence-corrected chi connectivity index (χ0v) is 9.49. The van der Waals surface area contributed by atoms with Gasteiger partial charge in [-0.2, -0.15) is 4.80 Å². The van der Waals surface area contributed by atoms with E-state index in [9.17, 15) is 0 Å². The van der Waals surface area contributed by atoms with Crippen LogP contribution in [0, 0.1) is 0 Å². The lowest BCUT2D eigenvalue weighted by atomic mass is 10.3. The third-order valence-electron chi connectivity index (χ3n) is 2.08.